The molecule has 21 heavy (non-hydrogen) atoms. The Morgan fingerprint density at radius 2 is 1.90 bits per heavy atom. The van der Waals surface area contributed by atoms with Gasteiger partial charge in [-0.25, -0.2) is 0 Å². The van der Waals surface area contributed by atoms with Crippen LogP contribution in [0.2, 0.25) is 0 Å². The maximum atomic E-state index is 9.09. The van der Waals surface area contributed by atoms with Crippen LogP contribution < -0.4 is 9.47 Å². The third-order valence-electron chi connectivity index (χ3n) is 2.98. The average molecular weight is 346 g/mol. The van der Waals surface area contributed by atoms with Crippen LogP contribution in [0.15, 0.2) is 42.5 Å². The van der Waals surface area contributed by atoms with E-state index in [0.717, 1.165) is 22.2 Å². The van der Waals surface area contributed by atoms with E-state index in [0.29, 0.717) is 24.5 Å². The number of hydrogen-bond acceptors (Lipinski definition) is 3. The Bertz CT molecular complexity index is 649. The molecule has 0 unspecified atom stereocenters. The molecule has 0 spiro atoms. The van der Waals surface area contributed by atoms with Crippen molar-refractivity contribution in [2.45, 2.75) is 18.9 Å². The number of rotatable bonds is 6. The van der Waals surface area contributed by atoms with Crippen molar-refractivity contribution >= 4 is 15.9 Å². The van der Waals surface area contributed by atoms with E-state index in [9.17, 15) is 0 Å². The van der Waals surface area contributed by atoms with Crippen LogP contribution in [0.25, 0.3) is 0 Å². The van der Waals surface area contributed by atoms with Crippen LogP contribution >= 0.6 is 15.9 Å². The van der Waals surface area contributed by atoms with Crippen LogP contribution in [0.4, 0.5) is 0 Å². The van der Waals surface area contributed by atoms with Crippen molar-refractivity contribution in [3.63, 3.8) is 0 Å². The standard InChI is InChI=1S/C17H16BrNO2/c1-2-20-17-9-13(10-18)7-8-16(17)21-12-15-6-4-3-5-14(15)11-19/h3-9H,2,10,12H2,1H3. The normalized spacial score (nSPS) is 9.95. The van der Waals surface area contributed by atoms with Gasteiger partial charge in [0.1, 0.15) is 6.61 Å². The van der Waals surface area contributed by atoms with Crippen molar-refractivity contribution in [3.05, 3.63) is 59.2 Å². The summed E-state index contributed by atoms with van der Waals surface area (Å²) >= 11 is 3.43. The minimum Gasteiger partial charge on any atom is -0.490 e. The molecule has 0 atom stereocenters. The first-order valence-electron chi connectivity index (χ1n) is 6.71. The topological polar surface area (TPSA) is 42.2 Å². The van der Waals surface area contributed by atoms with Crippen molar-refractivity contribution in [1.82, 2.24) is 0 Å². The molecule has 0 aromatic heterocycles. The van der Waals surface area contributed by atoms with E-state index in [1.807, 2.05) is 43.3 Å². The smallest absolute Gasteiger partial charge is 0.161 e. The van der Waals surface area contributed by atoms with Gasteiger partial charge in [-0.15, -0.1) is 0 Å². The molecule has 0 N–H and O–H groups in total. The molecule has 0 saturated carbocycles. The van der Waals surface area contributed by atoms with Gasteiger partial charge in [0.25, 0.3) is 0 Å². The predicted molar refractivity (Wildman–Crippen MR) is 85.7 cm³/mol. The van der Waals surface area contributed by atoms with Gasteiger partial charge in [-0.2, -0.15) is 5.26 Å². The molecule has 0 fully saturated rings. The second-order valence-electron chi connectivity index (χ2n) is 4.41. The molecule has 0 aliphatic rings. The zero-order valence-electron chi connectivity index (χ0n) is 11.8. The van der Waals surface area contributed by atoms with Crippen molar-refractivity contribution in [2.24, 2.45) is 0 Å². The number of alkyl halides is 1. The lowest BCUT2D eigenvalue weighted by atomic mass is 10.1. The zero-order chi connectivity index (χ0) is 15.1. The fourth-order valence-electron chi connectivity index (χ4n) is 1.93. The van der Waals surface area contributed by atoms with E-state index in [4.69, 9.17) is 14.7 Å². The van der Waals surface area contributed by atoms with E-state index >= 15 is 0 Å². The van der Waals surface area contributed by atoms with Crippen LogP contribution in [0.1, 0.15) is 23.6 Å². The Morgan fingerprint density at radius 1 is 1.10 bits per heavy atom. The highest BCUT2D eigenvalue weighted by Crippen LogP contribution is 2.30. The Labute approximate surface area is 133 Å². The molecular weight excluding hydrogens is 330 g/mol. The molecule has 0 radical (unpaired) electrons. The number of nitriles is 1. The lowest BCUT2D eigenvalue weighted by Gasteiger charge is -2.13. The summed E-state index contributed by atoms with van der Waals surface area (Å²) < 4.78 is 11.4. The number of nitrogens with zero attached hydrogens (tertiary/aromatic N) is 1. The van der Waals surface area contributed by atoms with Gasteiger partial charge in [0.15, 0.2) is 11.5 Å². The maximum absolute atomic E-state index is 9.09. The van der Waals surface area contributed by atoms with Gasteiger partial charge in [-0.1, -0.05) is 40.2 Å². The van der Waals surface area contributed by atoms with Crippen LogP contribution in [-0.2, 0) is 11.9 Å². The van der Waals surface area contributed by atoms with Gasteiger partial charge in [-0.05, 0) is 30.7 Å². The van der Waals surface area contributed by atoms with Gasteiger partial charge in [0, 0.05) is 10.9 Å². The fraction of sp³-hybridized carbons (Fsp3) is 0.235. The predicted octanol–water partition coefficient (Wildman–Crippen LogP) is 4.43. The van der Waals surface area contributed by atoms with E-state index < -0.39 is 0 Å². The third-order valence-corrected chi connectivity index (χ3v) is 3.63. The Balaban J connectivity index is 2.17. The van der Waals surface area contributed by atoms with Crippen molar-refractivity contribution in [1.29, 1.82) is 5.26 Å². The summed E-state index contributed by atoms with van der Waals surface area (Å²) in [4.78, 5) is 0. The number of halogens is 1. The molecule has 2 rings (SSSR count). The van der Waals surface area contributed by atoms with Crippen LogP contribution in [0.3, 0.4) is 0 Å². The molecule has 0 saturated heterocycles. The Morgan fingerprint density at radius 3 is 2.62 bits per heavy atom. The van der Waals surface area contributed by atoms with Crippen molar-refractivity contribution < 1.29 is 9.47 Å². The third kappa shape index (κ3) is 3.99. The average Bonchev–Trinajstić information content (AvgIpc) is 2.54. The lowest BCUT2D eigenvalue weighted by Crippen LogP contribution is -2.01. The molecule has 3 nitrogen and oxygen atoms in total. The second-order valence-corrected chi connectivity index (χ2v) is 4.97. The van der Waals surface area contributed by atoms with E-state index in [-0.39, 0.29) is 0 Å². The highest BCUT2D eigenvalue weighted by atomic mass is 79.9. The number of hydrogen-bond donors (Lipinski definition) is 0. The summed E-state index contributed by atoms with van der Waals surface area (Å²) in [5.41, 5.74) is 2.63. The van der Waals surface area contributed by atoms with Crippen LogP contribution in [0, 0.1) is 11.3 Å². The summed E-state index contributed by atoms with van der Waals surface area (Å²) in [6, 6.07) is 15.5. The molecule has 2 aromatic carbocycles. The fourth-order valence-corrected chi connectivity index (χ4v) is 2.28. The molecule has 0 amide bonds. The minimum absolute atomic E-state index is 0.345. The zero-order valence-corrected chi connectivity index (χ0v) is 13.4. The van der Waals surface area contributed by atoms with Crippen LogP contribution in [-0.4, -0.2) is 6.61 Å². The Hall–Kier alpha value is -1.99. The quantitative estimate of drug-likeness (QED) is 0.727. The molecule has 0 heterocycles. The molecule has 0 aliphatic heterocycles. The van der Waals surface area contributed by atoms with Gasteiger partial charge < -0.3 is 9.47 Å². The van der Waals surface area contributed by atoms with E-state index in [1.165, 1.54) is 0 Å². The van der Waals surface area contributed by atoms with Gasteiger partial charge in [-0.3, -0.25) is 0 Å². The molecule has 4 heteroatoms. The number of benzene rings is 2. The number of ether oxygens (including phenoxy) is 2. The summed E-state index contributed by atoms with van der Waals surface area (Å²) in [7, 11) is 0. The summed E-state index contributed by atoms with van der Waals surface area (Å²) in [6.07, 6.45) is 0. The SMILES string of the molecule is CCOc1cc(CBr)ccc1OCc1ccccc1C#N. The molecular formula is C17H16BrNO2. The highest BCUT2D eigenvalue weighted by Gasteiger charge is 2.08. The van der Waals surface area contributed by atoms with Crippen molar-refractivity contribution in [2.75, 3.05) is 6.61 Å². The maximum Gasteiger partial charge on any atom is 0.161 e. The summed E-state index contributed by atoms with van der Waals surface area (Å²) in [6.45, 7) is 2.86. The highest BCUT2D eigenvalue weighted by molar-refractivity contribution is 9.08. The monoisotopic (exact) mass is 345 g/mol. The first kappa shape index (κ1) is 15.4. The van der Waals surface area contributed by atoms with Gasteiger partial charge >= 0.3 is 0 Å². The first-order valence-corrected chi connectivity index (χ1v) is 7.83. The first-order chi connectivity index (χ1) is 10.3. The van der Waals surface area contributed by atoms with Crippen LogP contribution in [0.5, 0.6) is 11.5 Å². The molecule has 0 aliphatic carbocycles. The van der Waals surface area contributed by atoms with Crippen molar-refractivity contribution in [3.8, 4) is 17.6 Å². The van der Waals surface area contributed by atoms with Gasteiger partial charge in [0.05, 0.1) is 18.2 Å². The minimum atomic E-state index is 0.345. The van der Waals surface area contributed by atoms with Gasteiger partial charge in [0.2, 0.25) is 0 Å². The molecule has 108 valence electrons. The largest absolute Gasteiger partial charge is 0.490 e. The summed E-state index contributed by atoms with van der Waals surface area (Å²) in [5.74, 6) is 1.41. The Kier molecular flexibility index (Phi) is 5.65. The molecule has 0 bridgehead atoms. The molecule has 2 aromatic rings. The van der Waals surface area contributed by atoms with E-state index in [2.05, 4.69) is 22.0 Å². The van der Waals surface area contributed by atoms with E-state index in [1.54, 1.807) is 6.07 Å². The second kappa shape index (κ2) is 7.70. The lowest BCUT2D eigenvalue weighted by molar-refractivity contribution is 0.269. The summed E-state index contributed by atoms with van der Waals surface area (Å²) in [5, 5.41) is 9.86.